The molecule has 0 aliphatic carbocycles. The Balaban J connectivity index is 1.69. The molecule has 0 aliphatic rings. The molecule has 0 spiro atoms. The van der Waals surface area contributed by atoms with E-state index in [2.05, 4.69) is 20.8 Å². The van der Waals surface area contributed by atoms with E-state index in [9.17, 15) is 9.59 Å². The van der Waals surface area contributed by atoms with Gasteiger partial charge in [0.1, 0.15) is 11.5 Å². The van der Waals surface area contributed by atoms with Crippen molar-refractivity contribution in [1.29, 1.82) is 0 Å². The van der Waals surface area contributed by atoms with E-state index in [1.165, 1.54) is 21.1 Å². The number of hydrogen-bond donors (Lipinski definition) is 2. The molecule has 148 valence electrons. The molecule has 2 N–H and O–H groups in total. The zero-order valence-corrected chi connectivity index (χ0v) is 16.2. The maximum atomic E-state index is 12.5. The van der Waals surface area contributed by atoms with Gasteiger partial charge in [-0.25, -0.2) is 0 Å². The third-order valence-corrected chi connectivity index (χ3v) is 4.12. The number of rotatable bonds is 7. The molecule has 0 fully saturated rings. The fraction of sp³-hybridized carbons (Fsp3) is 0.143. The predicted octanol–water partition coefficient (Wildman–Crippen LogP) is 3.69. The van der Waals surface area contributed by atoms with Crippen molar-refractivity contribution in [2.45, 2.75) is 6.92 Å². The van der Waals surface area contributed by atoms with E-state index in [1.54, 1.807) is 54.6 Å². The van der Waals surface area contributed by atoms with Gasteiger partial charge in [-0.05, 0) is 55.5 Å². The number of anilines is 3. The van der Waals surface area contributed by atoms with Crippen molar-refractivity contribution in [1.82, 2.24) is 10.2 Å². The molecule has 0 bridgehead atoms. The SMILES string of the molecule is COc1ccc(OC)c(NC(=O)c2ccc(Nc3ccc(C(C)=O)cc3)nn2)c1. The number of nitrogens with one attached hydrogen (secondary N) is 2. The zero-order chi connectivity index (χ0) is 20.8. The van der Waals surface area contributed by atoms with Gasteiger partial charge in [0, 0.05) is 17.3 Å². The Kier molecular flexibility index (Phi) is 6.03. The van der Waals surface area contributed by atoms with Crippen LogP contribution in [0.15, 0.2) is 54.6 Å². The average molecular weight is 392 g/mol. The van der Waals surface area contributed by atoms with Gasteiger partial charge in [0.15, 0.2) is 17.3 Å². The van der Waals surface area contributed by atoms with Crippen LogP contribution in [0.3, 0.4) is 0 Å². The molecule has 0 aliphatic heterocycles. The summed E-state index contributed by atoms with van der Waals surface area (Å²) in [5.74, 6) is 1.12. The number of nitrogens with zero attached hydrogens (tertiary/aromatic N) is 2. The molecule has 1 aromatic heterocycles. The highest BCUT2D eigenvalue weighted by Gasteiger charge is 2.13. The van der Waals surface area contributed by atoms with E-state index in [0.29, 0.717) is 28.6 Å². The van der Waals surface area contributed by atoms with Crippen LogP contribution in [0.2, 0.25) is 0 Å². The normalized spacial score (nSPS) is 10.2. The molecule has 0 saturated carbocycles. The molecule has 1 heterocycles. The van der Waals surface area contributed by atoms with Crippen molar-refractivity contribution in [3.8, 4) is 11.5 Å². The second kappa shape index (κ2) is 8.83. The van der Waals surface area contributed by atoms with Crippen LogP contribution in [0.5, 0.6) is 11.5 Å². The van der Waals surface area contributed by atoms with Crippen molar-refractivity contribution in [3.63, 3.8) is 0 Å². The summed E-state index contributed by atoms with van der Waals surface area (Å²) in [6.07, 6.45) is 0. The second-order valence-corrected chi connectivity index (χ2v) is 6.08. The number of ketones is 1. The van der Waals surface area contributed by atoms with Gasteiger partial charge in [0.05, 0.1) is 19.9 Å². The van der Waals surface area contributed by atoms with Crippen LogP contribution in [0.1, 0.15) is 27.8 Å². The van der Waals surface area contributed by atoms with Gasteiger partial charge in [-0.1, -0.05) is 0 Å². The highest BCUT2D eigenvalue weighted by molar-refractivity contribution is 6.03. The fourth-order valence-electron chi connectivity index (χ4n) is 2.55. The summed E-state index contributed by atoms with van der Waals surface area (Å²) in [4.78, 5) is 23.8. The van der Waals surface area contributed by atoms with Crippen LogP contribution in [0, 0.1) is 0 Å². The minimum Gasteiger partial charge on any atom is -0.497 e. The summed E-state index contributed by atoms with van der Waals surface area (Å²) in [5, 5.41) is 13.8. The molecule has 8 heteroatoms. The Bertz CT molecular complexity index is 1020. The summed E-state index contributed by atoms with van der Waals surface area (Å²) in [5.41, 5.74) is 1.99. The summed E-state index contributed by atoms with van der Waals surface area (Å²) >= 11 is 0. The lowest BCUT2D eigenvalue weighted by Gasteiger charge is -2.11. The second-order valence-electron chi connectivity index (χ2n) is 6.08. The van der Waals surface area contributed by atoms with Gasteiger partial charge in [0.2, 0.25) is 0 Å². The van der Waals surface area contributed by atoms with E-state index in [4.69, 9.17) is 9.47 Å². The third-order valence-electron chi connectivity index (χ3n) is 4.12. The summed E-state index contributed by atoms with van der Waals surface area (Å²) in [6, 6.07) is 15.3. The molecule has 0 atom stereocenters. The van der Waals surface area contributed by atoms with E-state index in [1.807, 2.05) is 0 Å². The molecule has 1 amide bonds. The number of ether oxygens (including phenoxy) is 2. The van der Waals surface area contributed by atoms with E-state index in [0.717, 1.165) is 5.69 Å². The first kappa shape index (κ1) is 19.8. The Labute approximate surface area is 167 Å². The van der Waals surface area contributed by atoms with Crippen molar-refractivity contribution in [2.75, 3.05) is 24.9 Å². The molecule has 8 nitrogen and oxygen atoms in total. The minimum atomic E-state index is -0.429. The Morgan fingerprint density at radius 2 is 1.66 bits per heavy atom. The highest BCUT2D eigenvalue weighted by Crippen LogP contribution is 2.29. The maximum Gasteiger partial charge on any atom is 0.276 e. The van der Waals surface area contributed by atoms with Crippen LogP contribution in [0.25, 0.3) is 0 Å². The lowest BCUT2D eigenvalue weighted by atomic mass is 10.1. The number of carbonyl (C=O) groups excluding carboxylic acids is 2. The monoisotopic (exact) mass is 392 g/mol. The number of carbonyl (C=O) groups is 2. The quantitative estimate of drug-likeness (QED) is 0.591. The standard InChI is InChI=1S/C21H20N4O4/c1-13(26)14-4-6-15(7-5-14)22-20-11-9-17(24-25-20)21(27)23-18-12-16(28-2)8-10-19(18)29-3/h4-12H,1-3H3,(H,22,25)(H,23,27). The van der Waals surface area contributed by atoms with Crippen LogP contribution in [-0.4, -0.2) is 36.1 Å². The van der Waals surface area contributed by atoms with Crippen molar-refractivity contribution < 1.29 is 19.1 Å². The smallest absolute Gasteiger partial charge is 0.276 e. The van der Waals surface area contributed by atoms with Crippen LogP contribution < -0.4 is 20.1 Å². The topological polar surface area (TPSA) is 102 Å². The molecule has 3 rings (SSSR count). The number of benzene rings is 2. The number of methoxy groups -OCH3 is 2. The molecule has 0 unspecified atom stereocenters. The molecule has 29 heavy (non-hydrogen) atoms. The Morgan fingerprint density at radius 3 is 2.24 bits per heavy atom. The lowest BCUT2D eigenvalue weighted by Crippen LogP contribution is -2.15. The molecule has 0 saturated heterocycles. The van der Waals surface area contributed by atoms with Gasteiger partial charge < -0.3 is 20.1 Å². The van der Waals surface area contributed by atoms with Crippen molar-refractivity contribution >= 4 is 28.9 Å². The third kappa shape index (κ3) is 4.86. The van der Waals surface area contributed by atoms with Gasteiger partial charge in [-0.2, -0.15) is 0 Å². The van der Waals surface area contributed by atoms with E-state index >= 15 is 0 Å². The molecule has 3 aromatic rings. The molecular weight excluding hydrogens is 372 g/mol. The zero-order valence-electron chi connectivity index (χ0n) is 16.2. The lowest BCUT2D eigenvalue weighted by molar-refractivity contribution is 0.101. The van der Waals surface area contributed by atoms with Crippen molar-refractivity contribution in [2.24, 2.45) is 0 Å². The minimum absolute atomic E-state index is 0.000580. The van der Waals surface area contributed by atoms with Gasteiger partial charge in [-0.15, -0.1) is 10.2 Å². The maximum absolute atomic E-state index is 12.5. The fourth-order valence-corrected chi connectivity index (χ4v) is 2.55. The number of aromatic nitrogens is 2. The van der Waals surface area contributed by atoms with E-state index in [-0.39, 0.29) is 11.5 Å². The Hall–Kier alpha value is -3.94. The highest BCUT2D eigenvalue weighted by atomic mass is 16.5. The largest absolute Gasteiger partial charge is 0.497 e. The van der Waals surface area contributed by atoms with Gasteiger partial charge in [0.25, 0.3) is 5.91 Å². The summed E-state index contributed by atoms with van der Waals surface area (Å²) < 4.78 is 10.4. The van der Waals surface area contributed by atoms with E-state index < -0.39 is 5.91 Å². The average Bonchev–Trinajstić information content (AvgIpc) is 2.74. The first-order valence-electron chi connectivity index (χ1n) is 8.75. The summed E-state index contributed by atoms with van der Waals surface area (Å²) in [6.45, 7) is 1.51. The molecular formula is C21H20N4O4. The van der Waals surface area contributed by atoms with Crippen LogP contribution in [-0.2, 0) is 0 Å². The summed E-state index contributed by atoms with van der Waals surface area (Å²) in [7, 11) is 3.05. The Morgan fingerprint density at radius 1 is 0.897 bits per heavy atom. The number of hydrogen-bond acceptors (Lipinski definition) is 7. The number of amides is 1. The van der Waals surface area contributed by atoms with Crippen LogP contribution in [0.4, 0.5) is 17.2 Å². The van der Waals surface area contributed by atoms with Crippen LogP contribution >= 0.6 is 0 Å². The first-order valence-corrected chi connectivity index (χ1v) is 8.75. The number of Topliss-reactive ketones (excluding diaryl/α,β-unsaturated/α-hetero) is 1. The van der Waals surface area contributed by atoms with Gasteiger partial charge in [-0.3, -0.25) is 9.59 Å². The first-order chi connectivity index (χ1) is 14.0. The molecule has 2 aromatic carbocycles. The predicted molar refractivity (Wildman–Crippen MR) is 109 cm³/mol. The van der Waals surface area contributed by atoms with Gasteiger partial charge >= 0.3 is 0 Å². The molecule has 0 radical (unpaired) electrons. The van der Waals surface area contributed by atoms with Crippen molar-refractivity contribution in [3.05, 3.63) is 65.9 Å².